The third-order valence-electron chi connectivity index (χ3n) is 5.79. The van der Waals surface area contributed by atoms with Crippen molar-refractivity contribution in [2.24, 2.45) is 0 Å². The summed E-state index contributed by atoms with van der Waals surface area (Å²) in [5.74, 6) is 0.819. The van der Waals surface area contributed by atoms with E-state index in [0.29, 0.717) is 18.0 Å². The molecule has 0 aliphatic carbocycles. The topological polar surface area (TPSA) is 46.6 Å². The van der Waals surface area contributed by atoms with Gasteiger partial charge >= 0.3 is 0 Å². The molecule has 4 rings (SSSR count). The van der Waals surface area contributed by atoms with E-state index in [4.69, 9.17) is 4.74 Å². The van der Waals surface area contributed by atoms with Crippen molar-refractivity contribution in [2.75, 3.05) is 7.11 Å². The van der Waals surface area contributed by atoms with Crippen molar-refractivity contribution in [1.29, 1.82) is 0 Å². The highest BCUT2D eigenvalue weighted by Gasteiger charge is 2.33. The lowest BCUT2D eigenvalue weighted by molar-refractivity contribution is 0.415. The lowest BCUT2D eigenvalue weighted by Gasteiger charge is -2.16. The Labute approximate surface area is 172 Å². The van der Waals surface area contributed by atoms with Crippen LogP contribution in [-0.2, 0) is 23.1 Å². The maximum atomic E-state index is 13.2. The molecule has 0 fully saturated rings. The monoisotopic (exact) mass is 407 g/mol. The molecule has 1 aliphatic heterocycles. The van der Waals surface area contributed by atoms with E-state index < -0.39 is 10.0 Å². The van der Waals surface area contributed by atoms with Gasteiger partial charge < -0.3 is 4.74 Å². The van der Waals surface area contributed by atoms with Crippen molar-refractivity contribution >= 4 is 10.0 Å². The van der Waals surface area contributed by atoms with Crippen LogP contribution in [0, 0.1) is 20.8 Å². The Morgan fingerprint density at radius 2 is 1.48 bits per heavy atom. The molecule has 150 valence electrons. The molecule has 5 heteroatoms. The van der Waals surface area contributed by atoms with Gasteiger partial charge in [-0.1, -0.05) is 35.9 Å². The molecule has 0 N–H and O–H groups in total. The van der Waals surface area contributed by atoms with Crippen molar-refractivity contribution in [3.05, 3.63) is 82.4 Å². The summed E-state index contributed by atoms with van der Waals surface area (Å²) in [6, 6.07) is 17.2. The van der Waals surface area contributed by atoms with Crippen LogP contribution >= 0.6 is 0 Å². The Hall–Kier alpha value is -2.63. The van der Waals surface area contributed by atoms with Crippen LogP contribution in [0.4, 0.5) is 0 Å². The highest BCUT2D eigenvalue weighted by Crippen LogP contribution is 2.38. The van der Waals surface area contributed by atoms with Crippen LogP contribution in [0.5, 0.6) is 5.75 Å². The predicted octanol–water partition coefficient (Wildman–Crippen LogP) is 4.99. The van der Waals surface area contributed by atoms with Crippen LogP contribution in [0.1, 0.15) is 27.8 Å². The number of fused-ring (bicyclic) bond motifs is 1. The lowest BCUT2D eigenvalue weighted by Crippen LogP contribution is -2.25. The summed E-state index contributed by atoms with van der Waals surface area (Å²) >= 11 is 0. The van der Waals surface area contributed by atoms with Crippen LogP contribution < -0.4 is 4.74 Å². The molecule has 0 unspecified atom stereocenters. The zero-order valence-electron chi connectivity index (χ0n) is 17.2. The van der Waals surface area contributed by atoms with Gasteiger partial charge in [-0.2, -0.15) is 4.31 Å². The first-order valence-corrected chi connectivity index (χ1v) is 11.1. The molecule has 0 amide bonds. The zero-order chi connectivity index (χ0) is 20.8. The van der Waals surface area contributed by atoms with E-state index in [0.717, 1.165) is 44.7 Å². The second-order valence-electron chi connectivity index (χ2n) is 7.64. The molecular weight excluding hydrogens is 382 g/mol. The average molecular weight is 408 g/mol. The van der Waals surface area contributed by atoms with E-state index >= 15 is 0 Å². The van der Waals surface area contributed by atoms with Crippen molar-refractivity contribution in [2.45, 2.75) is 38.8 Å². The third-order valence-corrected chi connectivity index (χ3v) is 7.59. The van der Waals surface area contributed by atoms with Gasteiger partial charge in [0.2, 0.25) is 10.0 Å². The molecule has 29 heavy (non-hydrogen) atoms. The van der Waals surface area contributed by atoms with Crippen LogP contribution in [-0.4, -0.2) is 19.8 Å². The minimum absolute atomic E-state index is 0.349. The largest absolute Gasteiger partial charge is 0.497 e. The molecular formula is C24H25NO3S. The summed E-state index contributed by atoms with van der Waals surface area (Å²) in [7, 11) is -1.87. The quantitative estimate of drug-likeness (QED) is 0.612. The van der Waals surface area contributed by atoms with Crippen LogP contribution in [0.3, 0.4) is 0 Å². The van der Waals surface area contributed by atoms with Crippen molar-refractivity contribution < 1.29 is 13.2 Å². The van der Waals surface area contributed by atoms with Gasteiger partial charge in [0.25, 0.3) is 0 Å². The first kappa shape index (κ1) is 19.7. The fourth-order valence-corrected chi connectivity index (χ4v) is 5.36. The van der Waals surface area contributed by atoms with Gasteiger partial charge in [-0.15, -0.1) is 0 Å². The molecule has 3 aromatic carbocycles. The molecule has 4 nitrogen and oxygen atoms in total. The van der Waals surface area contributed by atoms with Crippen molar-refractivity contribution in [3.8, 4) is 16.9 Å². The zero-order valence-corrected chi connectivity index (χ0v) is 18.0. The second-order valence-corrected chi connectivity index (χ2v) is 9.58. The Bertz CT molecular complexity index is 1160. The molecule has 0 atom stereocenters. The normalized spacial score (nSPS) is 14.1. The molecule has 0 spiro atoms. The molecule has 1 heterocycles. The summed E-state index contributed by atoms with van der Waals surface area (Å²) in [5.41, 5.74) is 7.79. The van der Waals surface area contributed by atoms with Crippen LogP contribution in [0.2, 0.25) is 0 Å². The second kappa shape index (κ2) is 7.32. The van der Waals surface area contributed by atoms with Gasteiger partial charge in [-0.3, -0.25) is 0 Å². The highest BCUT2D eigenvalue weighted by molar-refractivity contribution is 7.89. The molecule has 3 aromatic rings. The minimum atomic E-state index is -3.53. The number of rotatable bonds is 4. The Balaban J connectivity index is 1.72. The molecule has 0 radical (unpaired) electrons. The van der Waals surface area contributed by atoms with Gasteiger partial charge in [0.15, 0.2) is 0 Å². The number of hydrogen-bond donors (Lipinski definition) is 0. The summed E-state index contributed by atoms with van der Waals surface area (Å²) in [4.78, 5) is 0.349. The maximum Gasteiger partial charge on any atom is 0.243 e. The number of sulfonamides is 1. The summed E-state index contributed by atoms with van der Waals surface area (Å²) in [5, 5.41) is 0. The first-order valence-electron chi connectivity index (χ1n) is 9.64. The average Bonchev–Trinajstić information content (AvgIpc) is 3.18. The number of aryl methyl sites for hydroxylation is 2. The smallest absolute Gasteiger partial charge is 0.243 e. The van der Waals surface area contributed by atoms with Crippen molar-refractivity contribution in [1.82, 2.24) is 4.31 Å². The number of benzene rings is 3. The van der Waals surface area contributed by atoms with Gasteiger partial charge in [-0.25, -0.2) is 8.42 Å². The first-order chi connectivity index (χ1) is 13.8. The summed E-state index contributed by atoms with van der Waals surface area (Å²) < 4.78 is 33.2. The number of methoxy groups -OCH3 is 1. The van der Waals surface area contributed by atoms with Gasteiger partial charge in [0.1, 0.15) is 5.75 Å². The standard InChI is InChI=1S/C24H25NO3S/c1-16-5-11-21(12-6-16)29(26,27)25-14-23-17(2)13-22(18(3)24(23)15-25)19-7-9-20(28-4)10-8-19/h5-13H,14-15H2,1-4H3. The van der Waals surface area contributed by atoms with Gasteiger partial charge in [0, 0.05) is 13.1 Å². The fraction of sp³-hybridized carbons (Fsp3) is 0.250. The van der Waals surface area contributed by atoms with Crippen molar-refractivity contribution in [3.63, 3.8) is 0 Å². The highest BCUT2D eigenvalue weighted by atomic mass is 32.2. The van der Waals surface area contributed by atoms with E-state index in [2.05, 4.69) is 19.9 Å². The number of hydrogen-bond acceptors (Lipinski definition) is 3. The van der Waals surface area contributed by atoms with E-state index in [1.165, 1.54) is 0 Å². The summed E-state index contributed by atoms with van der Waals surface area (Å²) in [6.07, 6.45) is 0. The Morgan fingerprint density at radius 1 is 0.862 bits per heavy atom. The number of nitrogens with zero attached hydrogens (tertiary/aromatic N) is 1. The lowest BCUT2D eigenvalue weighted by atomic mass is 9.91. The van der Waals surface area contributed by atoms with E-state index in [9.17, 15) is 8.42 Å². The number of ether oxygens (including phenoxy) is 1. The molecule has 0 bridgehead atoms. The van der Waals surface area contributed by atoms with E-state index in [1.54, 1.807) is 23.5 Å². The van der Waals surface area contributed by atoms with E-state index in [-0.39, 0.29) is 0 Å². The fourth-order valence-electron chi connectivity index (χ4n) is 3.98. The predicted molar refractivity (Wildman–Crippen MR) is 116 cm³/mol. The minimum Gasteiger partial charge on any atom is -0.497 e. The molecule has 0 aromatic heterocycles. The SMILES string of the molecule is COc1ccc(-c2cc(C)c3c(c2C)CN(S(=O)(=O)c2ccc(C)cc2)C3)cc1. The van der Waals surface area contributed by atoms with Crippen LogP contribution in [0.25, 0.3) is 11.1 Å². The maximum absolute atomic E-state index is 13.2. The van der Waals surface area contributed by atoms with Gasteiger partial charge in [-0.05, 0) is 78.4 Å². The Morgan fingerprint density at radius 3 is 2.10 bits per heavy atom. The third kappa shape index (κ3) is 3.45. The van der Waals surface area contributed by atoms with Crippen LogP contribution in [0.15, 0.2) is 59.5 Å². The molecule has 1 aliphatic rings. The molecule has 0 saturated heterocycles. The molecule has 0 saturated carbocycles. The summed E-state index contributed by atoms with van der Waals surface area (Å²) in [6.45, 7) is 6.92. The van der Waals surface area contributed by atoms with E-state index in [1.807, 2.05) is 43.3 Å². The Kier molecular flexibility index (Phi) is 4.97. The van der Waals surface area contributed by atoms with Gasteiger partial charge in [0.05, 0.1) is 12.0 Å².